The Labute approximate surface area is 134 Å². The number of rotatable bonds is 2. The summed E-state index contributed by atoms with van der Waals surface area (Å²) in [5, 5.41) is 2.69. The first-order valence-corrected chi connectivity index (χ1v) is 6.98. The van der Waals surface area contributed by atoms with Crippen molar-refractivity contribution in [1.82, 2.24) is 9.19 Å². The van der Waals surface area contributed by atoms with Gasteiger partial charge in [0.1, 0.15) is 5.52 Å². The zero-order valence-electron chi connectivity index (χ0n) is 8.98. The molecule has 0 aliphatic rings. The number of hydrogen-bond acceptors (Lipinski definition) is 2. The first-order chi connectivity index (χ1) is 9.00. The van der Waals surface area contributed by atoms with Gasteiger partial charge in [0.2, 0.25) is 0 Å². The molecule has 1 aromatic heterocycles. The Morgan fingerprint density at radius 2 is 1.75 bits per heavy atom. The molecular formula is C9H2Cl4F4N2S. The van der Waals surface area contributed by atoms with Crippen LogP contribution in [0.5, 0.6) is 0 Å². The van der Waals surface area contributed by atoms with E-state index >= 15 is 0 Å². The van der Waals surface area contributed by atoms with E-state index in [0.717, 1.165) is 10.3 Å². The molecule has 0 unspecified atom stereocenters. The molecule has 1 heterocycles. The maximum absolute atomic E-state index is 13.2. The summed E-state index contributed by atoms with van der Waals surface area (Å²) in [6.45, 7) is 0. The van der Waals surface area contributed by atoms with E-state index in [9.17, 15) is 17.6 Å². The van der Waals surface area contributed by atoms with Crippen LogP contribution in [0.2, 0.25) is 10.0 Å². The van der Waals surface area contributed by atoms with Crippen molar-refractivity contribution in [2.75, 3.05) is 0 Å². The maximum Gasteiger partial charge on any atom is 0.417 e. The Hall–Kier alpha value is -0.0800. The van der Waals surface area contributed by atoms with Gasteiger partial charge in [-0.25, -0.2) is 0 Å². The molecule has 0 amide bonds. The molecule has 2 rings (SSSR count). The summed E-state index contributed by atoms with van der Waals surface area (Å²) in [6, 6.07) is 0.674. The van der Waals surface area contributed by atoms with Gasteiger partial charge in [0.15, 0.2) is 0 Å². The van der Waals surface area contributed by atoms with Gasteiger partial charge < -0.3 is 0 Å². The zero-order valence-corrected chi connectivity index (χ0v) is 12.8. The molecule has 11 heteroatoms. The quantitative estimate of drug-likeness (QED) is 0.470. The van der Waals surface area contributed by atoms with Crippen LogP contribution in [0.4, 0.5) is 17.6 Å². The van der Waals surface area contributed by atoms with Gasteiger partial charge in [-0.15, -0.1) is 0 Å². The second-order valence-corrected chi connectivity index (χ2v) is 7.09. The van der Waals surface area contributed by atoms with E-state index < -0.39 is 15.7 Å². The highest BCUT2D eigenvalue weighted by atomic mass is 35.5. The van der Waals surface area contributed by atoms with E-state index in [0.29, 0.717) is 6.07 Å². The molecule has 20 heavy (non-hydrogen) atoms. The van der Waals surface area contributed by atoms with Crippen LogP contribution in [0.15, 0.2) is 12.3 Å². The molecular weight excluding hydrogens is 386 g/mol. The summed E-state index contributed by atoms with van der Waals surface area (Å²) in [5.74, 6) is 0. The number of fused-ring (bicyclic) bond motifs is 1. The van der Waals surface area contributed by atoms with Gasteiger partial charge in [-0.3, -0.25) is 0 Å². The topological polar surface area (TPSA) is 17.8 Å². The Kier molecular flexibility index (Phi) is 4.30. The van der Waals surface area contributed by atoms with Crippen LogP contribution < -0.4 is 0 Å². The lowest BCUT2D eigenvalue weighted by Gasteiger charge is -2.12. The van der Waals surface area contributed by atoms with Crippen molar-refractivity contribution in [2.45, 2.75) is 10.1 Å². The Morgan fingerprint density at radius 1 is 1.15 bits per heavy atom. The van der Waals surface area contributed by atoms with E-state index in [4.69, 9.17) is 46.4 Å². The van der Waals surface area contributed by atoms with Crippen molar-refractivity contribution in [1.29, 1.82) is 0 Å². The fourth-order valence-electron chi connectivity index (χ4n) is 1.51. The molecule has 0 fully saturated rings. The lowest BCUT2D eigenvalue weighted by molar-refractivity contribution is -0.136. The number of hydrogen-bond donors (Lipinski definition) is 0. The predicted molar refractivity (Wildman–Crippen MR) is 73.3 cm³/mol. The molecule has 0 spiro atoms. The van der Waals surface area contributed by atoms with Gasteiger partial charge in [0.25, 0.3) is 0 Å². The van der Waals surface area contributed by atoms with E-state index in [2.05, 4.69) is 5.10 Å². The lowest BCUT2D eigenvalue weighted by Crippen LogP contribution is -2.07. The van der Waals surface area contributed by atoms with E-state index in [-0.39, 0.29) is 32.9 Å². The summed E-state index contributed by atoms with van der Waals surface area (Å²) >= 11 is 21.9. The molecule has 0 radical (unpaired) electrons. The molecule has 2 aromatic rings. The minimum Gasteiger partial charge on any atom is -0.199 e. The Bertz CT molecular complexity index is 664. The third-order valence-corrected chi connectivity index (χ3v) is 4.06. The fraction of sp³-hybridized carbons (Fsp3) is 0.222. The van der Waals surface area contributed by atoms with Crippen molar-refractivity contribution in [2.24, 2.45) is 0 Å². The van der Waals surface area contributed by atoms with Crippen molar-refractivity contribution in [3.05, 3.63) is 27.9 Å². The fourth-order valence-corrected chi connectivity index (χ4v) is 2.96. The third-order valence-electron chi connectivity index (χ3n) is 2.21. The summed E-state index contributed by atoms with van der Waals surface area (Å²) in [6.07, 6.45) is -3.79. The molecule has 0 saturated heterocycles. The molecule has 0 N–H and O–H groups in total. The zero-order chi connectivity index (χ0) is 15.3. The van der Waals surface area contributed by atoms with Crippen molar-refractivity contribution >= 4 is 69.3 Å². The third kappa shape index (κ3) is 3.22. The molecule has 2 nitrogen and oxygen atoms in total. The number of halogens is 8. The minimum absolute atomic E-state index is 0.138. The SMILES string of the molecule is FC(Cl)(Cl)Sn1ncc2c(C(F)(F)F)cc(Cl)c(Cl)c21. The van der Waals surface area contributed by atoms with Crippen LogP contribution in [0.3, 0.4) is 0 Å². The first kappa shape index (κ1) is 16.3. The van der Waals surface area contributed by atoms with Gasteiger partial charge in [0.05, 0.1) is 33.8 Å². The Balaban J connectivity index is 2.75. The van der Waals surface area contributed by atoms with E-state index in [1.54, 1.807) is 0 Å². The smallest absolute Gasteiger partial charge is 0.199 e. The first-order valence-electron chi connectivity index (χ1n) is 4.70. The van der Waals surface area contributed by atoms with Crippen LogP contribution >= 0.6 is 58.4 Å². The molecule has 0 aliphatic carbocycles. The minimum atomic E-state index is -4.67. The molecule has 0 bridgehead atoms. The molecule has 0 atom stereocenters. The Morgan fingerprint density at radius 3 is 2.25 bits per heavy atom. The van der Waals surface area contributed by atoms with Crippen molar-refractivity contribution < 1.29 is 17.6 Å². The van der Waals surface area contributed by atoms with Crippen LogP contribution in [-0.2, 0) is 6.18 Å². The van der Waals surface area contributed by atoms with Gasteiger partial charge in [-0.2, -0.15) is 26.7 Å². The highest BCUT2D eigenvalue weighted by Gasteiger charge is 2.36. The number of alkyl halides is 6. The van der Waals surface area contributed by atoms with Crippen LogP contribution in [0.25, 0.3) is 10.9 Å². The summed E-state index contributed by atoms with van der Waals surface area (Å²) in [5.41, 5.74) is -1.26. The summed E-state index contributed by atoms with van der Waals surface area (Å²) < 4.78 is 49.9. The normalized spacial score (nSPS) is 13.2. The monoisotopic (exact) mass is 386 g/mol. The maximum atomic E-state index is 13.2. The average molecular weight is 388 g/mol. The summed E-state index contributed by atoms with van der Waals surface area (Å²) in [7, 11) is 0. The van der Waals surface area contributed by atoms with Gasteiger partial charge in [-0.05, 0) is 6.07 Å². The highest BCUT2D eigenvalue weighted by Crippen LogP contribution is 2.44. The second-order valence-electron chi connectivity index (χ2n) is 3.53. The van der Waals surface area contributed by atoms with E-state index in [1.807, 2.05) is 0 Å². The highest BCUT2D eigenvalue weighted by molar-refractivity contribution is 8.01. The van der Waals surface area contributed by atoms with Crippen LogP contribution in [0, 0.1) is 0 Å². The predicted octanol–water partition coefficient (Wildman–Crippen LogP) is 5.92. The number of benzene rings is 1. The van der Waals surface area contributed by atoms with Crippen LogP contribution in [0.1, 0.15) is 5.56 Å². The summed E-state index contributed by atoms with van der Waals surface area (Å²) in [4.78, 5) is 0. The van der Waals surface area contributed by atoms with Crippen molar-refractivity contribution in [3.8, 4) is 0 Å². The molecule has 0 aliphatic heterocycles. The largest absolute Gasteiger partial charge is 0.417 e. The molecule has 0 saturated carbocycles. The molecule has 1 aromatic carbocycles. The van der Waals surface area contributed by atoms with E-state index in [1.165, 1.54) is 0 Å². The van der Waals surface area contributed by atoms with Gasteiger partial charge >= 0.3 is 10.1 Å². The van der Waals surface area contributed by atoms with Gasteiger partial charge in [0, 0.05) is 5.39 Å². The lowest BCUT2D eigenvalue weighted by atomic mass is 10.1. The molecule has 110 valence electrons. The average Bonchev–Trinajstić information content (AvgIpc) is 2.63. The van der Waals surface area contributed by atoms with Crippen molar-refractivity contribution in [3.63, 3.8) is 0 Å². The second kappa shape index (κ2) is 5.28. The van der Waals surface area contributed by atoms with Gasteiger partial charge in [-0.1, -0.05) is 46.4 Å². The van der Waals surface area contributed by atoms with Crippen LogP contribution in [-0.4, -0.2) is 13.1 Å². The standard InChI is InChI=1S/C9H2Cl4F4N2S/c10-5-1-4(8(14,15)16)3-2-18-19(7(3)6(5)11)20-9(12,13)17/h1-2H. The number of aromatic nitrogens is 2. The number of nitrogens with zero attached hydrogens (tertiary/aromatic N) is 2.